The van der Waals surface area contributed by atoms with Crippen LogP contribution < -0.4 is 24.7 Å². The van der Waals surface area contributed by atoms with Crippen LogP contribution in [0.1, 0.15) is 29.7 Å². The second kappa shape index (κ2) is 6.58. The molecule has 1 aromatic heterocycles. The number of likely N-dealkylation sites (N-methyl/N-ethyl adjacent to an activating group) is 1. The van der Waals surface area contributed by atoms with Crippen molar-refractivity contribution < 1.29 is 24.2 Å². The molecule has 0 saturated carbocycles. The molecule has 0 fully saturated rings. The molecule has 3 heterocycles. The summed E-state index contributed by atoms with van der Waals surface area (Å²) in [5.41, 5.74) is 1.75. The van der Waals surface area contributed by atoms with Crippen molar-refractivity contribution in [2.24, 2.45) is 0 Å². The van der Waals surface area contributed by atoms with Crippen molar-refractivity contribution in [2.45, 2.75) is 25.9 Å². The van der Waals surface area contributed by atoms with E-state index in [4.69, 9.17) is 26.4 Å². The minimum absolute atomic E-state index is 0.108. The predicted molar refractivity (Wildman–Crippen MR) is 99.6 cm³/mol. The zero-order valence-electron chi connectivity index (χ0n) is 15.4. The predicted octanol–water partition coefficient (Wildman–Crippen LogP) is 0.529. The van der Waals surface area contributed by atoms with Crippen molar-refractivity contribution in [3.05, 3.63) is 37.9 Å². The number of ether oxygens (including phenoxy) is 3. The second-order valence-corrected chi connectivity index (χ2v) is 7.12. The van der Waals surface area contributed by atoms with Crippen LogP contribution in [0.3, 0.4) is 0 Å². The van der Waals surface area contributed by atoms with Gasteiger partial charge in [0.15, 0.2) is 22.3 Å². The highest BCUT2D eigenvalue weighted by atomic mass is 32.1. The molecule has 144 valence electrons. The number of benzene rings is 1. The summed E-state index contributed by atoms with van der Waals surface area (Å²) in [5.74, 6) is 1.62. The quantitative estimate of drug-likeness (QED) is 0.661. The Morgan fingerprint density at radius 2 is 2.22 bits per heavy atom. The number of rotatable bonds is 3. The van der Waals surface area contributed by atoms with E-state index in [9.17, 15) is 9.90 Å². The van der Waals surface area contributed by atoms with E-state index >= 15 is 0 Å². The van der Waals surface area contributed by atoms with Crippen molar-refractivity contribution in [1.82, 2.24) is 9.55 Å². The van der Waals surface area contributed by atoms with E-state index in [1.807, 2.05) is 20.0 Å². The maximum absolute atomic E-state index is 12.8. The third-order valence-electron chi connectivity index (χ3n) is 5.33. The maximum atomic E-state index is 12.8. The number of nitrogens with one attached hydrogen (secondary N) is 2. The highest BCUT2D eigenvalue weighted by Gasteiger charge is 2.40. The lowest BCUT2D eigenvalue weighted by molar-refractivity contribution is -0.908. The monoisotopic (exact) mass is 392 g/mol. The zero-order chi connectivity index (χ0) is 19.3. The maximum Gasteiger partial charge on any atom is 0.265 e. The first kappa shape index (κ1) is 17.9. The fourth-order valence-electron chi connectivity index (χ4n) is 4.05. The summed E-state index contributed by atoms with van der Waals surface area (Å²) in [4.78, 5) is 16.6. The highest BCUT2D eigenvalue weighted by Crippen LogP contribution is 2.48. The summed E-state index contributed by atoms with van der Waals surface area (Å²) >= 11 is 5.19. The van der Waals surface area contributed by atoms with Gasteiger partial charge in [0.1, 0.15) is 5.56 Å². The van der Waals surface area contributed by atoms with Gasteiger partial charge in [-0.25, -0.2) is 0 Å². The number of methoxy groups -OCH3 is 1. The molecule has 2 atom stereocenters. The molecule has 8 nitrogen and oxygen atoms in total. The van der Waals surface area contributed by atoms with Crippen LogP contribution in [0.2, 0.25) is 0 Å². The van der Waals surface area contributed by atoms with E-state index in [1.165, 1.54) is 4.57 Å². The van der Waals surface area contributed by atoms with Crippen LogP contribution in [0.5, 0.6) is 23.1 Å². The molecule has 0 spiro atoms. The molecule has 2 aromatic rings. The molecule has 27 heavy (non-hydrogen) atoms. The molecule has 2 aliphatic heterocycles. The normalized spacial score (nSPS) is 20.4. The summed E-state index contributed by atoms with van der Waals surface area (Å²) in [7, 11) is 3.57. The van der Waals surface area contributed by atoms with Crippen LogP contribution in [-0.2, 0) is 13.0 Å². The summed E-state index contributed by atoms with van der Waals surface area (Å²) in [5, 5.41) is 10.9. The van der Waals surface area contributed by atoms with Crippen LogP contribution in [0.25, 0.3) is 0 Å². The van der Waals surface area contributed by atoms with E-state index in [0.29, 0.717) is 23.8 Å². The standard InChI is InChI=1S/C18H21N3O5S/c1-4-21-17(23)12(16(22)19-18(21)27)13-11-9(5-6-20(13)2)7-10-14(15(11)24-3)26-8-25-10/h7,13,23H,4-6,8H2,1-3H3,(H,19,22,27)/p+1/t13-/m0/s1. The zero-order valence-corrected chi connectivity index (χ0v) is 16.2. The summed E-state index contributed by atoms with van der Waals surface area (Å²) in [6.45, 7) is 3.24. The molecule has 0 saturated heterocycles. The molecular formula is C18H22N3O5S+. The number of H-pyrrole nitrogens is 1. The topological polar surface area (TPSA) is 90.2 Å². The molecule has 0 amide bonds. The van der Waals surface area contributed by atoms with Gasteiger partial charge >= 0.3 is 0 Å². The van der Waals surface area contributed by atoms with Gasteiger partial charge in [0.2, 0.25) is 18.4 Å². The van der Waals surface area contributed by atoms with Crippen molar-refractivity contribution in [3.63, 3.8) is 0 Å². The first-order valence-electron chi connectivity index (χ1n) is 8.85. The molecular weight excluding hydrogens is 370 g/mol. The average Bonchev–Trinajstić information content (AvgIpc) is 3.10. The van der Waals surface area contributed by atoms with Gasteiger partial charge in [-0.1, -0.05) is 0 Å². The fourth-order valence-corrected chi connectivity index (χ4v) is 4.35. The van der Waals surface area contributed by atoms with Gasteiger partial charge in [0.25, 0.3) is 5.56 Å². The summed E-state index contributed by atoms with van der Waals surface area (Å²) in [6, 6.07) is 1.52. The van der Waals surface area contributed by atoms with Gasteiger partial charge < -0.3 is 24.2 Å². The molecule has 3 N–H and O–H groups in total. The molecule has 2 aliphatic rings. The number of quaternary nitrogens is 1. The lowest BCUT2D eigenvalue weighted by Crippen LogP contribution is -3.10. The van der Waals surface area contributed by atoms with Crippen LogP contribution in [0.15, 0.2) is 10.9 Å². The van der Waals surface area contributed by atoms with E-state index in [0.717, 1.165) is 29.0 Å². The first-order valence-corrected chi connectivity index (χ1v) is 9.26. The van der Waals surface area contributed by atoms with Gasteiger partial charge in [0, 0.05) is 13.0 Å². The minimum Gasteiger partial charge on any atom is -0.494 e. The van der Waals surface area contributed by atoms with Crippen LogP contribution >= 0.6 is 12.2 Å². The van der Waals surface area contributed by atoms with Crippen LogP contribution in [0.4, 0.5) is 0 Å². The smallest absolute Gasteiger partial charge is 0.265 e. The molecule has 0 aliphatic carbocycles. The summed E-state index contributed by atoms with van der Waals surface area (Å²) in [6.07, 6.45) is 0.802. The third kappa shape index (κ3) is 2.61. The number of aromatic hydroxyl groups is 1. The number of aromatic amines is 1. The number of hydrogen-bond acceptors (Lipinski definition) is 6. The van der Waals surface area contributed by atoms with Crippen LogP contribution in [-0.4, -0.2) is 42.2 Å². The van der Waals surface area contributed by atoms with E-state index in [-0.39, 0.29) is 28.6 Å². The minimum atomic E-state index is -0.421. The lowest BCUT2D eigenvalue weighted by Gasteiger charge is -2.33. The van der Waals surface area contributed by atoms with Crippen molar-refractivity contribution in [3.8, 4) is 23.1 Å². The van der Waals surface area contributed by atoms with Gasteiger partial charge in [-0.2, -0.15) is 0 Å². The van der Waals surface area contributed by atoms with E-state index < -0.39 is 6.04 Å². The number of fused-ring (bicyclic) bond motifs is 2. The van der Waals surface area contributed by atoms with Crippen molar-refractivity contribution >= 4 is 12.2 Å². The molecule has 1 aromatic carbocycles. The van der Waals surface area contributed by atoms with Crippen molar-refractivity contribution in [2.75, 3.05) is 27.5 Å². The molecule has 1 unspecified atom stereocenters. The van der Waals surface area contributed by atoms with Gasteiger partial charge in [0.05, 0.1) is 26.3 Å². The van der Waals surface area contributed by atoms with Gasteiger partial charge in [-0.15, -0.1) is 0 Å². The lowest BCUT2D eigenvalue weighted by atomic mass is 9.87. The SMILES string of the molecule is CCn1c(O)c([C@@H]2c3c(cc4c(c3OC)OCO4)CC[NH+]2C)c(=O)[nH]c1=S. The van der Waals surface area contributed by atoms with E-state index in [1.54, 1.807) is 7.11 Å². The summed E-state index contributed by atoms with van der Waals surface area (Å²) < 4.78 is 18.5. The first-order chi connectivity index (χ1) is 13.0. The van der Waals surface area contributed by atoms with Crippen molar-refractivity contribution in [1.29, 1.82) is 0 Å². The Balaban J connectivity index is 2.03. The Bertz CT molecular complexity index is 1030. The Morgan fingerprint density at radius 3 is 2.93 bits per heavy atom. The Labute approximate surface area is 160 Å². The average molecular weight is 392 g/mol. The Kier molecular flexibility index (Phi) is 4.35. The van der Waals surface area contributed by atoms with Gasteiger partial charge in [-0.3, -0.25) is 14.3 Å². The third-order valence-corrected chi connectivity index (χ3v) is 5.65. The largest absolute Gasteiger partial charge is 0.494 e. The number of nitrogens with zero attached hydrogens (tertiary/aromatic N) is 1. The number of hydrogen-bond donors (Lipinski definition) is 3. The second-order valence-electron chi connectivity index (χ2n) is 6.74. The molecule has 4 rings (SSSR count). The van der Waals surface area contributed by atoms with Crippen LogP contribution in [0, 0.1) is 4.77 Å². The van der Waals surface area contributed by atoms with E-state index in [2.05, 4.69) is 4.98 Å². The Morgan fingerprint density at radius 1 is 1.44 bits per heavy atom. The van der Waals surface area contributed by atoms with Gasteiger partial charge in [-0.05, 0) is 30.8 Å². The molecule has 0 bridgehead atoms. The molecule has 0 radical (unpaired) electrons. The fraction of sp³-hybridized carbons (Fsp3) is 0.444. The molecule has 9 heteroatoms. The highest BCUT2D eigenvalue weighted by molar-refractivity contribution is 7.71. The Hall–Kier alpha value is -2.52. The number of aromatic nitrogens is 2.